The third kappa shape index (κ3) is 5.10. The highest BCUT2D eigenvalue weighted by Gasteiger charge is 2.31. The smallest absolute Gasteiger partial charge is 0.330 e. The molecule has 132 valence electrons. The summed E-state index contributed by atoms with van der Waals surface area (Å²) >= 11 is 10.7. The van der Waals surface area contributed by atoms with Crippen molar-refractivity contribution >= 4 is 40.8 Å². The van der Waals surface area contributed by atoms with Crippen molar-refractivity contribution in [2.45, 2.75) is 6.18 Å². The Balaban J connectivity index is 2.07. The number of nitrogens with zero attached hydrogens (tertiary/aromatic N) is 1. The number of halogens is 6. The van der Waals surface area contributed by atoms with Gasteiger partial charge in [0.25, 0.3) is 0 Å². The van der Waals surface area contributed by atoms with Crippen LogP contribution < -0.4 is 10.7 Å². The Hall–Kier alpha value is -2.26. The van der Waals surface area contributed by atoms with Crippen LogP contribution in [0.25, 0.3) is 0 Å². The van der Waals surface area contributed by atoms with Crippen molar-refractivity contribution < 1.29 is 22.0 Å². The minimum absolute atomic E-state index is 0.00118. The van der Waals surface area contributed by atoms with Crippen molar-refractivity contribution in [3.05, 3.63) is 64.2 Å². The summed E-state index contributed by atoms with van der Waals surface area (Å²) in [4.78, 5) is 0. The molecule has 0 aliphatic carbocycles. The molecule has 2 N–H and O–H groups in total. The quantitative estimate of drug-likeness (QED) is 0.335. The first kappa shape index (κ1) is 19.1. The normalized spacial score (nSPS) is 11.6. The molecule has 0 saturated heterocycles. The third-order valence-electron chi connectivity index (χ3n) is 2.90. The molecule has 0 unspecified atom stereocenters. The van der Waals surface area contributed by atoms with E-state index in [0.717, 1.165) is 36.5 Å². The van der Waals surface area contributed by atoms with E-state index in [1.807, 2.05) is 0 Å². The Kier molecular flexibility index (Phi) is 5.91. The van der Waals surface area contributed by atoms with Gasteiger partial charge in [0, 0.05) is 0 Å². The lowest BCUT2D eigenvalue weighted by molar-refractivity contribution is -0.137. The number of alkyl halides is 3. The van der Waals surface area contributed by atoms with Crippen molar-refractivity contribution in [2.75, 3.05) is 5.32 Å². The van der Waals surface area contributed by atoms with E-state index in [9.17, 15) is 22.0 Å². The summed E-state index contributed by atoms with van der Waals surface area (Å²) in [5.74, 6) is -1.66. The highest BCUT2D eigenvalue weighted by atomic mass is 35.5. The van der Waals surface area contributed by atoms with Gasteiger partial charge >= 0.3 is 6.18 Å². The van der Waals surface area contributed by atoms with Crippen molar-refractivity contribution in [1.29, 1.82) is 0 Å². The summed E-state index contributed by atoms with van der Waals surface area (Å²) in [6.45, 7) is 0. The summed E-state index contributed by atoms with van der Waals surface area (Å²) in [5.41, 5.74) is 0.829. The third-order valence-corrected chi connectivity index (χ3v) is 3.42. The van der Waals surface area contributed by atoms with Gasteiger partial charge in [0.2, 0.25) is 0 Å². The van der Waals surface area contributed by atoms with E-state index >= 15 is 0 Å². The molecule has 0 heterocycles. The minimum atomic E-state index is -4.55. The van der Waals surface area contributed by atoms with E-state index < -0.39 is 28.9 Å². The number of benzene rings is 2. The number of hydrazone groups is 1. The lowest BCUT2D eigenvalue weighted by Crippen LogP contribution is -2.24. The molecule has 10 heteroatoms. The molecule has 0 saturated carbocycles. The molecule has 0 aromatic heterocycles. The van der Waals surface area contributed by atoms with Crippen molar-refractivity contribution in [1.82, 2.24) is 5.43 Å². The first-order valence-electron chi connectivity index (χ1n) is 6.59. The van der Waals surface area contributed by atoms with Gasteiger partial charge in [-0.2, -0.15) is 18.3 Å². The average molecular weight is 394 g/mol. The van der Waals surface area contributed by atoms with Crippen LogP contribution in [0, 0.1) is 11.6 Å². The number of anilines is 1. The summed E-state index contributed by atoms with van der Waals surface area (Å²) in [5, 5.41) is 5.75. The molecule has 2 aromatic carbocycles. The average Bonchev–Trinajstić information content (AvgIpc) is 2.51. The van der Waals surface area contributed by atoms with Crippen LogP contribution in [0.3, 0.4) is 0 Å². The maximum Gasteiger partial charge on any atom is 0.416 e. The highest BCUT2D eigenvalue weighted by Crippen LogP contribution is 2.33. The molecule has 0 aliphatic rings. The topological polar surface area (TPSA) is 36.4 Å². The first-order chi connectivity index (χ1) is 11.7. The van der Waals surface area contributed by atoms with Crippen LogP contribution in [0.4, 0.5) is 27.6 Å². The van der Waals surface area contributed by atoms with Gasteiger partial charge in [-0.15, -0.1) is 0 Å². The standard InChI is InChI=1S/C15H9ClF5N3S/c16-10-5-4-8(15(19,20)21)6-13(10)23-14(25)24-22-7-9-11(17)2-1-3-12(9)18/h1-7H,(H2,23,24,25)/b22-7-. The lowest BCUT2D eigenvalue weighted by atomic mass is 10.2. The largest absolute Gasteiger partial charge is 0.416 e. The Bertz CT molecular complexity index is 803. The number of hydrogen-bond acceptors (Lipinski definition) is 2. The van der Waals surface area contributed by atoms with Crippen LogP contribution in [-0.2, 0) is 6.18 Å². The van der Waals surface area contributed by atoms with Gasteiger partial charge in [-0.05, 0) is 42.5 Å². The van der Waals surface area contributed by atoms with Crippen molar-refractivity contribution in [2.24, 2.45) is 5.10 Å². The van der Waals surface area contributed by atoms with Gasteiger partial charge in [0.1, 0.15) is 11.6 Å². The summed E-state index contributed by atoms with van der Waals surface area (Å²) in [7, 11) is 0. The van der Waals surface area contributed by atoms with Gasteiger partial charge in [0.15, 0.2) is 5.11 Å². The van der Waals surface area contributed by atoms with Crippen LogP contribution >= 0.6 is 23.8 Å². The second kappa shape index (κ2) is 7.75. The first-order valence-corrected chi connectivity index (χ1v) is 7.38. The van der Waals surface area contributed by atoms with E-state index in [0.29, 0.717) is 0 Å². The van der Waals surface area contributed by atoms with Crippen molar-refractivity contribution in [3.63, 3.8) is 0 Å². The number of hydrogen-bond donors (Lipinski definition) is 2. The maximum absolute atomic E-state index is 13.4. The van der Waals surface area contributed by atoms with E-state index in [-0.39, 0.29) is 15.8 Å². The van der Waals surface area contributed by atoms with Gasteiger partial charge in [-0.25, -0.2) is 8.78 Å². The molecule has 0 bridgehead atoms. The fraction of sp³-hybridized carbons (Fsp3) is 0.0667. The minimum Gasteiger partial charge on any atom is -0.330 e. The molecule has 0 atom stereocenters. The van der Waals surface area contributed by atoms with Gasteiger partial charge < -0.3 is 5.32 Å². The Morgan fingerprint density at radius 2 is 1.76 bits per heavy atom. The number of nitrogens with one attached hydrogen (secondary N) is 2. The predicted octanol–water partition coefficient (Wildman–Crippen LogP) is 4.96. The SMILES string of the molecule is Fc1cccc(F)c1/C=N\NC(=S)Nc1cc(C(F)(F)F)ccc1Cl. The second-order valence-corrected chi connectivity index (χ2v) is 5.47. The molecule has 3 nitrogen and oxygen atoms in total. The fourth-order valence-electron chi connectivity index (χ4n) is 1.74. The molecule has 25 heavy (non-hydrogen) atoms. The summed E-state index contributed by atoms with van der Waals surface area (Å²) in [6.07, 6.45) is -3.69. The Morgan fingerprint density at radius 1 is 1.12 bits per heavy atom. The molecule has 0 fully saturated rings. The summed E-state index contributed by atoms with van der Waals surface area (Å²) < 4.78 is 64.9. The molecule has 0 amide bonds. The van der Waals surface area contributed by atoms with Gasteiger partial charge in [0.05, 0.1) is 28.1 Å². The van der Waals surface area contributed by atoms with Crippen LogP contribution in [0.5, 0.6) is 0 Å². The zero-order valence-corrected chi connectivity index (χ0v) is 13.7. The molecule has 2 rings (SSSR count). The van der Waals surface area contributed by atoms with Crippen LogP contribution in [0.15, 0.2) is 41.5 Å². The van der Waals surface area contributed by atoms with Crippen LogP contribution in [0.2, 0.25) is 5.02 Å². The Morgan fingerprint density at radius 3 is 2.36 bits per heavy atom. The molecule has 0 radical (unpaired) electrons. The van der Waals surface area contributed by atoms with E-state index in [1.165, 1.54) is 6.07 Å². The fourth-order valence-corrected chi connectivity index (χ4v) is 2.06. The molecule has 0 spiro atoms. The zero-order valence-electron chi connectivity index (χ0n) is 12.2. The molecule has 2 aromatic rings. The number of thiocarbonyl (C=S) groups is 1. The lowest BCUT2D eigenvalue weighted by Gasteiger charge is -2.12. The van der Waals surface area contributed by atoms with Crippen LogP contribution in [-0.4, -0.2) is 11.3 Å². The van der Waals surface area contributed by atoms with E-state index in [2.05, 4.69) is 15.8 Å². The predicted molar refractivity (Wildman–Crippen MR) is 89.8 cm³/mol. The monoisotopic (exact) mass is 393 g/mol. The highest BCUT2D eigenvalue weighted by molar-refractivity contribution is 7.80. The van der Waals surface area contributed by atoms with Crippen LogP contribution in [0.1, 0.15) is 11.1 Å². The van der Waals surface area contributed by atoms with Gasteiger partial charge in [-0.1, -0.05) is 17.7 Å². The Labute approximate surface area is 149 Å². The van der Waals surface area contributed by atoms with E-state index in [1.54, 1.807) is 0 Å². The maximum atomic E-state index is 13.4. The van der Waals surface area contributed by atoms with E-state index in [4.69, 9.17) is 23.8 Å². The zero-order chi connectivity index (χ0) is 18.6. The van der Waals surface area contributed by atoms with Gasteiger partial charge in [-0.3, -0.25) is 5.43 Å². The summed E-state index contributed by atoms with van der Waals surface area (Å²) in [6, 6.07) is 5.94. The van der Waals surface area contributed by atoms with Crippen molar-refractivity contribution in [3.8, 4) is 0 Å². The number of rotatable bonds is 3. The molecule has 0 aliphatic heterocycles. The second-order valence-electron chi connectivity index (χ2n) is 4.65. The molecular formula is C15H9ClF5N3S. The molecular weight excluding hydrogens is 385 g/mol.